The van der Waals surface area contributed by atoms with Crippen molar-refractivity contribution in [2.75, 3.05) is 32.3 Å². The molecule has 0 spiro atoms. The maximum atomic E-state index is 13.4. The molecule has 180 valence electrons. The number of aliphatic hydroxyl groups excluding tert-OH is 1. The summed E-state index contributed by atoms with van der Waals surface area (Å²) in [5.41, 5.74) is 1.72. The maximum absolute atomic E-state index is 13.4. The lowest BCUT2D eigenvalue weighted by Crippen LogP contribution is -2.29. The molecule has 1 saturated heterocycles. The molecule has 8 nitrogen and oxygen atoms in total. The smallest absolute Gasteiger partial charge is 0.300 e. The lowest BCUT2D eigenvalue weighted by molar-refractivity contribution is -0.132. The third kappa shape index (κ3) is 3.77. The number of hydrogen-bond donors (Lipinski definition) is 1. The van der Waals surface area contributed by atoms with E-state index in [0.717, 1.165) is 10.4 Å². The van der Waals surface area contributed by atoms with Crippen molar-refractivity contribution in [2.24, 2.45) is 0 Å². The SMILES string of the molecule is COc1ccc(N2C(=O)C(=O)/C(=C(\O)c3ccc4c(c3)OCCO4)C2c2sccc2C)cc1OC. The molecule has 1 atom stereocenters. The molecule has 1 unspecified atom stereocenters. The highest BCUT2D eigenvalue weighted by atomic mass is 32.1. The van der Waals surface area contributed by atoms with E-state index < -0.39 is 17.7 Å². The lowest BCUT2D eigenvalue weighted by atomic mass is 9.98. The number of amides is 1. The standard InChI is InChI=1S/C26H23NO7S/c1-14-8-11-35-25(14)22-21(23(28)15-4-6-18-20(12-15)34-10-9-33-18)24(29)26(30)27(22)16-5-7-17(31-2)19(13-16)32-3/h4-8,11-13,22,28H,9-10H2,1-3H3/b23-21-. The summed E-state index contributed by atoms with van der Waals surface area (Å²) in [6.45, 7) is 2.73. The van der Waals surface area contributed by atoms with Gasteiger partial charge in [-0.25, -0.2) is 0 Å². The first kappa shape index (κ1) is 22.8. The predicted octanol–water partition coefficient (Wildman–Crippen LogP) is 4.47. The molecule has 2 aliphatic rings. The van der Waals surface area contributed by atoms with Crippen LogP contribution in [0.2, 0.25) is 0 Å². The van der Waals surface area contributed by atoms with Gasteiger partial charge in [0.1, 0.15) is 25.0 Å². The molecule has 1 aromatic heterocycles. The van der Waals surface area contributed by atoms with Crippen molar-refractivity contribution < 1.29 is 33.6 Å². The van der Waals surface area contributed by atoms with Crippen LogP contribution in [0.3, 0.4) is 0 Å². The van der Waals surface area contributed by atoms with Crippen LogP contribution in [0.15, 0.2) is 53.4 Å². The summed E-state index contributed by atoms with van der Waals surface area (Å²) in [5.74, 6) is 0.149. The third-order valence-electron chi connectivity index (χ3n) is 6.06. The van der Waals surface area contributed by atoms with Gasteiger partial charge in [-0.1, -0.05) is 0 Å². The van der Waals surface area contributed by atoms with Crippen molar-refractivity contribution in [3.05, 3.63) is 69.4 Å². The zero-order chi connectivity index (χ0) is 24.7. The average Bonchev–Trinajstić information content (AvgIpc) is 3.42. The molecular weight excluding hydrogens is 470 g/mol. The van der Waals surface area contributed by atoms with E-state index >= 15 is 0 Å². The number of ether oxygens (including phenoxy) is 4. The van der Waals surface area contributed by atoms with Crippen molar-refractivity contribution in [3.63, 3.8) is 0 Å². The van der Waals surface area contributed by atoms with Crippen LogP contribution in [-0.2, 0) is 9.59 Å². The van der Waals surface area contributed by atoms with Crippen molar-refractivity contribution in [3.8, 4) is 23.0 Å². The normalized spacial score (nSPS) is 18.6. The molecule has 1 amide bonds. The number of hydrogen-bond acceptors (Lipinski definition) is 8. The van der Waals surface area contributed by atoms with Gasteiger partial charge in [0, 0.05) is 22.2 Å². The van der Waals surface area contributed by atoms with Crippen LogP contribution in [0, 0.1) is 6.92 Å². The summed E-state index contributed by atoms with van der Waals surface area (Å²) >= 11 is 1.41. The number of ketones is 1. The summed E-state index contributed by atoms with van der Waals surface area (Å²) in [5, 5.41) is 13.3. The van der Waals surface area contributed by atoms with Crippen molar-refractivity contribution in [1.29, 1.82) is 0 Å². The molecule has 2 aromatic carbocycles. The van der Waals surface area contributed by atoms with Crippen LogP contribution in [-0.4, -0.2) is 44.2 Å². The molecule has 3 aromatic rings. The second kappa shape index (κ2) is 8.99. The van der Waals surface area contributed by atoms with Crippen molar-refractivity contribution in [2.45, 2.75) is 13.0 Å². The molecule has 3 heterocycles. The van der Waals surface area contributed by atoms with Crippen LogP contribution in [0.1, 0.15) is 22.0 Å². The predicted molar refractivity (Wildman–Crippen MR) is 131 cm³/mol. The van der Waals surface area contributed by atoms with E-state index in [4.69, 9.17) is 18.9 Å². The highest BCUT2D eigenvalue weighted by Crippen LogP contribution is 2.46. The van der Waals surface area contributed by atoms with Gasteiger partial charge >= 0.3 is 0 Å². The van der Waals surface area contributed by atoms with Crippen LogP contribution in [0.25, 0.3) is 5.76 Å². The van der Waals surface area contributed by atoms with Gasteiger partial charge in [-0.15, -0.1) is 11.3 Å². The number of carbonyl (C=O) groups is 2. The summed E-state index contributed by atoms with van der Waals surface area (Å²) in [7, 11) is 3.02. The number of rotatable bonds is 5. The fraction of sp³-hybridized carbons (Fsp3) is 0.231. The van der Waals surface area contributed by atoms with Gasteiger partial charge in [0.2, 0.25) is 0 Å². The molecule has 1 N–H and O–H groups in total. The molecule has 0 saturated carbocycles. The number of nitrogens with zero attached hydrogens (tertiary/aromatic N) is 1. The Morgan fingerprint density at radius 1 is 1.00 bits per heavy atom. The number of thiophene rings is 1. The van der Waals surface area contributed by atoms with Crippen LogP contribution >= 0.6 is 11.3 Å². The zero-order valence-corrected chi connectivity index (χ0v) is 20.2. The Bertz CT molecular complexity index is 1360. The van der Waals surface area contributed by atoms with Gasteiger partial charge in [0.15, 0.2) is 23.0 Å². The molecule has 9 heteroatoms. The summed E-state index contributed by atoms with van der Waals surface area (Å²) in [4.78, 5) is 28.9. The molecule has 1 fully saturated rings. The van der Waals surface area contributed by atoms with Gasteiger partial charge in [-0.3, -0.25) is 14.5 Å². The Labute approximate surface area is 205 Å². The number of benzene rings is 2. The van der Waals surface area contributed by atoms with Gasteiger partial charge in [0.05, 0.1) is 19.8 Å². The van der Waals surface area contributed by atoms with E-state index in [2.05, 4.69) is 0 Å². The van der Waals surface area contributed by atoms with E-state index in [1.54, 1.807) is 36.4 Å². The topological polar surface area (TPSA) is 94.5 Å². The Kier molecular flexibility index (Phi) is 5.86. The second-order valence-electron chi connectivity index (χ2n) is 8.03. The molecule has 0 radical (unpaired) electrons. The van der Waals surface area contributed by atoms with Gasteiger partial charge in [0.25, 0.3) is 11.7 Å². The van der Waals surface area contributed by atoms with Crippen molar-refractivity contribution in [1.82, 2.24) is 0 Å². The fourth-order valence-electron chi connectivity index (χ4n) is 4.33. The first-order chi connectivity index (χ1) is 16.9. The summed E-state index contributed by atoms with van der Waals surface area (Å²) in [6.07, 6.45) is 0. The zero-order valence-electron chi connectivity index (χ0n) is 19.4. The van der Waals surface area contributed by atoms with Gasteiger partial charge in [-0.2, -0.15) is 0 Å². The highest BCUT2D eigenvalue weighted by molar-refractivity contribution is 7.10. The first-order valence-corrected chi connectivity index (χ1v) is 11.8. The van der Waals surface area contributed by atoms with Crippen LogP contribution < -0.4 is 23.8 Å². The highest BCUT2D eigenvalue weighted by Gasteiger charge is 2.48. The Balaban J connectivity index is 1.69. The number of carbonyl (C=O) groups excluding carboxylic acids is 2. The van der Waals surface area contributed by atoms with E-state index in [0.29, 0.717) is 47.5 Å². The van der Waals surface area contributed by atoms with E-state index in [9.17, 15) is 14.7 Å². The van der Waals surface area contributed by atoms with E-state index in [1.165, 1.54) is 30.5 Å². The number of anilines is 1. The molecule has 2 aliphatic heterocycles. The average molecular weight is 494 g/mol. The van der Waals surface area contributed by atoms with E-state index in [1.807, 2.05) is 18.4 Å². The van der Waals surface area contributed by atoms with Crippen LogP contribution in [0.4, 0.5) is 5.69 Å². The number of aliphatic hydroxyl groups is 1. The van der Waals surface area contributed by atoms with Gasteiger partial charge in [-0.05, 0) is 54.3 Å². The van der Waals surface area contributed by atoms with Gasteiger partial charge < -0.3 is 24.1 Å². The molecule has 0 aliphatic carbocycles. The minimum absolute atomic E-state index is 0.00649. The molecule has 0 bridgehead atoms. The maximum Gasteiger partial charge on any atom is 0.300 e. The first-order valence-electron chi connectivity index (χ1n) is 10.9. The summed E-state index contributed by atoms with van der Waals surface area (Å²) < 4.78 is 21.9. The number of methoxy groups -OCH3 is 2. The Morgan fingerprint density at radius 3 is 2.43 bits per heavy atom. The monoisotopic (exact) mass is 493 g/mol. The Hall–Kier alpha value is -3.98. The fourth-order valence-corrected chi connectivity index (χ4v) is 5.36. The van der Waals surface area contributed by atoms with Crippen LogP contribution in [0.5, 0.6) is 23.0 Å². The molecule has 35 heavy (non-hydrogen) atoms. The largest absolute Gasteiger partial charge is 0.507 e. The quantitative estimate of drug-likeness (QED) is 0.318. The molecule has 5 rings (SSSR count). The minimum atomic E-state index is -0.818. The van der Waals surface area contributed by atoms with Crippen molar-refractivity contribution >= 4 is 34.5 Å². The van der Waals surface area contributed by atoms with E-state index in [-0.39, 0.29) is 11.3 Å². The summed E-state index contributed by atoms with van der Waals surface area (Å²) in [6, 6.07) is 11.0. The lowest BCUT2D eigenvalue weighted by Gasteiger charge is -2.26. The minimum Gasteiger partial charge on any atom is -0.507 e. The number of aryl methyl sites for hydroxylation is 1. The third-order valence-corrected chi connectivity index (χ3v) is 7.13. The Morgan fingerprint density at radius 2 is 1.74 bits per heavy atom. The number of fused-ring (bicyclic) bond motifs is 1. The molecular formula is C26H23NO7S. The number of Topliss-reactive ketones (excluding diaryl/α,β-unsaturated/α-hetero) is 1. The second-order valence-corrected chi connectivity index (χ2v) is 8.98.